The number of fused-ring (bicyclic) bond motifs is 1. The highest BCUT2D eigenvalue weighted by Gasteiger charge is 2.15. The fourth-order valence-electron chi connectivity index (χ4n) is 2.60. The van der Waals surface area contributed by atoms with Crippen molar-refractivity contribution in [2.24, 2.45) is 7.05 Å². The van der Waals surface area contributed by atoms with Crippen molar-refractivity contribution in [3.8, 4) is 11.5 Å². The van der Waals surface area contributed by atoms with Crippen molar-refractivity contribution >= 4 is 16.6 Å². The van der Waals surface area contributed by atoms with E-state index in [4.69, 9.17) is 10.5 Å². The van der Waals surface area contributed by atoms with Crippen LogP contribution in [0.4, 0.5) is 5.69 Å². The van der Waals surface area contributed by atoms with Crippen molar-refractivity contribution in [2.75, 3.05) is 12.3 Å². The summed E-state index contributed by atoms with van der Waals surface area (Å²) in [5, 5.41) is 10.9. The number of rotatable bonds is 6. The summed E-state index contributed by atoms with van der Waals surface area (Å²) in [5.41, 5.74) is 8.97. The van der Waals surface area contributed by atoms with Gasteiger partial charge in [-0.05, 0) is 57.9 Å². The van der Waals surface area contributed by atoms with Gasteiger partial charge in [-0.1, -0.05) is 17.2 Å². The second-order valence-electron chi connectivity index (χ2n) is 6.50. The molecule has 1 aromatic heterocycles. The summed E-state index contributed by atoms with van der Waals surface area (Å²) < 4.78 is 7.02. The van der Waals surface area contributed by atoms with Crippen LogP contribution in [0.1, 0.15) is 33.6 Å². The maximum Gasteiger partial charge on any atom is 0.297 e. The standard InChI is InChI=1S/C20H26N2O3/c1-13(2)6-5-7-14(3)10-11-25-19-18(23)16-9-8-15(21)12-17(16)22(4)20(19)24/h6,8-10,12,23H,5,7,11,21H2,1-4H3. The molecule has 25 heavy (non-hydrogen) atoms. The van der Waals surface area contributed by atoms with Gasteiger partial charge in [-0.3, -0.25) is 4.79 Å². The number of nitrogens with zero attached hydrogens (tertiary/aromatic N) is 1. The van der Waals surface area contributed by atoms with E-state index in [1.165, 1.54) is 15.7 Å². The molecule has 0 radical (unpaired) electrons. The highest BCUT2D eigenvalue weighted by atomic mass is 16.5. The molecule has 134 valence electrons. The van der Waals surface area contributed by atoms with Crippen LogP contribution >= 0.6 is 0 Å². The molecule has 0 amide bonds. The Bertz CT molecular complexity index is 888. The highest BCUT2D eigenvalue weighted by Crippen LogP contribution is 2.32. The van der Waals surface area contributed by atoms with E-state index in [9.17, 15) is 9.90 Å². The SMILES string of the molecule is CC(C)=CCCC(C)=CCOc1c(O)c2ccc(N)cc2n(C)c1=O. The number of anilines is 1. The van der Waals surface area contributed by atoms with Crippen LogP contribution in [-0.2, 0) is 7.05 Å². The molecule has 0 aliphatic heterocycles. The summed E-state index contributed by atoms with van der Waals surface area (Å²) in [4.78, 5) is 12.4. The van der Waals surface area contributed by atoms with Gasteiger partial charge in [-0.25, -0.2) is 0 Å². The van der Waals surface area contributed by atoms with Crippen molar-refractivity contribution < 1.29 is 9.84 Å². The van der Waals surface area contributed by atoms with Gasteiger partial charge in [0.1, 0.15) is 6.61 Å². The zero-order chi connectivity index (χ0) is 18.6. The lowest BCUT2D eigenvalue weighted by Gasteiger charge is -2.12. The third-order valence-corrected chi connectivity index (χ3v) is 4.10. The smallest absolute Gasteiger partial charge is 0.297 e. The average molecular weight is 342 g/mol. The second-order valence-corrected chi connectivity index (χ2v) is 6.50. The van der Waals surface area contributed by atoms with Crippen LogP contribution in [-0.4, -0.2) is 16.3 Å². The maximum absolute atomic E-state index is 12.4. The first-order chi connectivity index (χ1) is 11.8. The Labute approximate surface area is 148 Å². The summed E-state index contributed by atoms with van der Waals surface area (Å²) in [6, 6.07) is 5.03. The zero-order valence-corrected chi connectivity index (χ0v) is 15.3. The van der Waals surface area contributed by atoms with Crippen LogP contribution in [0.2, 0.25) is 0 Å². The summed E-state index contributed by atoms with van der Waals surface area (Å²) in [7, 11) is 1.64. The first-order valence-corrected chi connectivity index (χ1v) is 8.34. The lowest BCUT2D eigenvalue weighted by molar-refractivity contribution is 0.330. The molecule has 0 aliphatic carbocycles. The molecule has 0 bridgehead atoms. The van der Waals surface area contributed by atoms with Gasteiger partial charge in [0.25, 0.3) is 5.56 Å². The van der Waals surface area contributed by atoms with Crippen molar-refractivity contribution in [1.82, 2.24) is 4.57 Å². The van der Waals surface area contributed by atoms with E-state index in [1.807, 2.05) is 13.0 Å². The lowest BCUT2D eigenvalue weighted by Crippen LogP contribution is -2.20. The molecule has 0 aliphatic rings. The van der Waals surface area contributed by atoms with Crippen molar-refractivity contribution in [3.63, 3.8) is 0 Å². The third kappa shape index (κ3) is 4.44. The molecular formula is C20H26N2O3. The van der Waals surface area contributed by atoms with E-state index < -0.39 is 0 Å². The van der Waals surface area contributed by atoms with Gasteiger partial charge >= 0.3 is 0 Å². The second kappa shape index (κ2) is 7.92. The molecule has 3 N–H and O–H groups in total. The van der Waals surface area contributed by atoms with Gasteiger partial charge in [0.15, 0.2) is 5.75 Å². The van der Waals surface area contributed by atoms with Crippen LogP contribution in [0.5, 0.6) is 11.5 Å². The van der Waals surface area contributed by atoms with Crippen LogP contribution in [0.25, 0.3) is 10.9 Å². The number of aryl methyl sites for hydroxylation is 1. The number of pyridine rings is 1. The molecule has 0 saturated carbocycles. The van der Waals surface area contributed by atoms with Gasteiger partial charge < -0.3 is 20.1 Å². The minimum atomic E-state index is -0.383. The largest absolute Gasteiger partial charge is 0.504 e. The van der Waals surface area contributed by atoms with Gasteiger partial charge in [-0.15, -0.1) is 0 Å². The molecule has 5 nitrogen and oxygen atoms in total. The quantitative estimate of drug-likeness (QED) is 0.616. The number of benzene rings is 1. The predicted molar refractivity (Wildman–Crippen MR) is 103 cm³/mol. The Balaban J connectivity index is 2.20. The highest BCUT2D eigenvalue weighted by molar-refractivity contribution is 5.89. The molecule has 1 aromatic carbocycles. The number of hydrogen-bond acceptors (Lipinski definition) is 4. The molecule has 2 aromatic rings. The van der Waals surface area contributed by atoms with Crippen molar-refractivity contribution in [1.29, 1.82) is 0 Å². The van der Waals surface area contributed by atoms with Crippen LogP contribution < -0.4 is 16.0 Å². The Morgan fingerprint density at radius 3 is 2.68 bits per heavy atom. The molecule has 0 unspecified atom stereocenters. The normalized spacial score (nSPS) is 11.6. The summed E-state index contributed by atoms with van der Waals surface area (Å²) in [6.45, 7) is 6.43. The van der Waals surface area contributed by atoms with E-state index in [1.54, 1.807) is 25.2 Å². The topological polar surface area (TPSA) is 77.5 Å². The summed E-state index contributed by atoms with van der Waals surface area (Å²) >= 11 is 0. The molecule has 1 heterocycles. The molecule has 0 saturated heterocycles. The number of nitrogens with two attached hydrogens (primary N) is 1. The van der Waals surface area contributed by atoms with E-state index in [0.29, 0.717) is 16.6 Å². The summed E-state index contributed by atoms with van der Waals surface area (Å²) in [5.74, 6) is -0.179. The molecular weight excluding hydrogens is 316 g/mol. The fourth-order valence-corrected chi connectivity index (χ4v) is 2.60. The van der Waals surface area contributed by atoms with E-state index in [-0.39, 0.29) is 23.7 Å². The number of nitrogen functional groups attached to an aromatic ring is 1. The van der Waals surface area contributed by atoms with Crippen LogP contribution in [0, 0.1) is 0 Å². The Morgan fingerprint density at radius 1 is 1.28 bits per heavy atom. The number of ether oxygens (including phenoxy) is 1. The van der Waals surface area contributed by atoms with Gasteiger partial charge in [0.05, 0.1) is 5.52 Å². The Hall–Kier alpha value is -2.69. The third-order valence-electron chi connectivity index (χ3n) is 4.10. The van der Waals surface area contributed by atoms with Gasteiger partial charge in [-0.2, -0.15) is 0 Å². The van der Waals surface area contributed by atoms with E-state index in [2.05, 4.69) is 19.9 Å². The first kappa shape index (κ1) is 18.6. The van der Waals surface area contributed by atoms with Gasteiger partial charge in [0.2, 0.25) is 5.75 Å². The minimum absolute atomic E-state index is 0.0341. The van der Waals surface area contributed by atoms with E-state index >= 15 is 0 Å². The Kier molecular flexibility index (Phi) is 5.91. The average Bonchev–Trinajstić information content (AvgIpc) is 2.55. The number of allylic oxidation sites excluding steroid dienone is 3. The maximum atomic E-state index is 12.4. The molecule has 0 fully saturated rings. The molecule has 5 heteroatoms. The predicted octanol–water partition coefficient (Wildman–Crippen LogP) is 3.90. The number of hydrogen-bond donors (Lipinski definition) is 2. The van der Waals surface area contributed by atoms with Crippen LogP contribution in [0.15, 0.2) is 46.3 Å². The van der Waals surface area contributed by atoms with Crippen LogP contribution in [0.3, 0.4) is 0 Å². The summed E-state index contributed by atoms with van der Waals surface area (Å²) in [6.07, 6.45) is 6.05. The molecule has 0 spiro atoms. The number of aromatic nitrogens is 1. The number of aromatic hydroxyl groups is 1. The van der Waals surface area contributed by atoms with Gasteiger partial charge in [0, 0.05) is 18.1 Å². The fraction of sp³-hybridized carbons (Fsp3) is 0.350. The van der Waals surface area contributed by atoms with Crippen molar-refractivity contribution in [3.05, 3.63) is 51.9 Å². The first-order valence-electron chi connectivity index (χ1n) is 8.34. The monoisotopic (exact) mass is 342 g/mol. The lowest BCUT2D eigenvalue weighted by atomic mass is 10.1. The Morgan fingerprint density at radius 2 is 2.00 bits per heavy atom. The van der Waals surface area contributed by atoms with Crippen molar-refractivity contribution in [2.45, 2.75) is 33.6 Å². The minimum Gasteiger partial charge on any atom is -0.504 e. The molecule has 0 atom stereocenters. The zero-order valence-electron chi connectivity index (χ0n) is 15.3. The molecule has 2 rings (SSSR count). The van der Waals surface area contributed by atoms with E-state index in [0.717, 1.165) is 12.8 Å².